The van der Waals surface area contributed by atoms with Crippen LogP contribution in [-0.4, -0.2) is 50.1 Å². The molecule has 1 amide bonds. The van der Waals surface area contributed by atoms with Gasteiger partial charge in [-0.15, -0.1) is 0 Å². The number of nitrogens with zero attached hydrogens (tertiary/aromatic N) is 1. The zero-order valence-electron chi connectivity index (χ0n) is 13.7. The molecule has 4 heteroatoms. The normalized spacial score (nSPS) is 15.7. The van der Waals surface area contributed by atoms with Crippen molar-refractivity contribution >= 4 is 5.91 Å². The molecule has 2 rings (SSSR count). The lowest BCUT2D eigenvalue weighted by atomic mass is 10.0. The Balaban J connectivity index is 1.65. The van der Waals surface area contributed by atoms with E-state index in [1.165, 1.54) is 18.4 Å². The second kappa shape index (κ2) is 9.59. The van der Waals surface area contributed by atoms with Gasteiger partial charge in [0.15, 0.2) is 0 Å². The van der Waals surface area contributed by atoms with Crippen molar-refractivity contribution in [3.63, 3.8) is 0 Å². The Bertz CT molecular complexity index is 438. The van der Waals surface area contributed by atoms with E-state index in [9.17, 15) is 4.79 Å². The first-order chi connectivity index (χ1) is 10.8. The highest BCUT2D eigenvalue weighted by molar-refractivity contribution is 5.78. The number of nitrogens with one attached hydrogen (secondary N) is 2. The third-order valence-electron chi connectivity index (χ3n) is 4.17. The van der Waals surface area contributed by atoms with Crippen LogP contribution in [0.2, 0.25) is 0 Å². The summed E-state index contributed by atoms with van der Waals surface area (Å²) in [5.41, 5.74) is 2.46. The fraction of sp³-hybridized carbons (Fsp3) is 0.611. The second-order valence-corrected chi connectivity index (χ2v) is 6.04. The molecular weight excluding hydrogens is 274 g/mol. The molecule has 0 radical (unpaired) electrons. The van der Waals surface area contributed by atoms with Crippen LogP contribution in [0.1, 0.15) is 30.9 Å². The largest absolute Gasteiger partial charge is 0.355 e. The molecule has 22 heavy (non-hydrogen) atoms. The number of hydrogen-bond donors (Lipinski definition) is 2. The van der Waals surface area contributed by atoms with E-state index in [2.05, 4.69) is 46.7 Å². The first kappa shape index (κ1) is 17.0. The average molecular weight is 303 g/mol. The quantitative estimate of drug-likeness (QED) is 0.766. The zero-order valence-corrected chi connectivity index (χ0v) is 13.7. The Labute approximate surface area is 134 Å². The molecule has 4 nitrogen and oxygen atoms in total. The maximum Gasteiger partial charge on any atom is 0.224 e. The van der Waals surface area contributed by atoms with Gasteiger partial charge < -0.3 is 10.6 Å². The van der Waals surface area contributed by atoms with Gasteiger partial charge in [-0.3, -0.25) is 9.69 Å². The lowest BCUT2D eigenvalue weighted by Gasteiger charge is -2.27. The summed E-state index contributed by atoms with van der Waals surface area (Å²) in [6.07, 6.45) is 4.06. The van der Waals surface area contributed by atoms with E-state index in [1.807, 2.05) is 0 Å². The molecule has 2 N–H and O–H groups in total. The zero-order chi connectivity index (χ0) is 15.6. The summed E-state index contributed by atoms with van der Waals surface area (Å²) in [7, 11) is 0. The van der Waals surface area contributed by atoms with Crippen LogP contribution in [0.5, 0.6) is 0 Å². The van der Waals surface area contributed by atoms with Crippen LogP contribution in [0.25, 0.3) is 0 Å². The molecule has 0 atom stereocenters. The molecule has 0 aliphatic carbocycles. The van der Waals surface area contributed by atoms with Gasteiger partial charge in [-0.05, 0) is 24.0 Å². The summed E-state index contributed by atoms with van der Waals surface area (Å²) in [6.45, 7) is 8.16. The molecule has 1 aliphatic rings. The first-order valence-corrected chi connectivity index (χ1v) is 8.55. The van der Waals surface area contributed by atoms with Crippen molar-refractivity contribution in [3.8, 4) is 0 Å². The molecule has 0 bridgehead atoms. The summed E-state index contributed by atoms with van der Waals surface area (Å²) in [5, 5.41) is 6.36. The van der Waals surface area contributed by atoms with Crippen LogP contribution in [0.3, 0.4) is 0 Å². The van der Waals surface area contributed by atoms with E-state index in [4.69, 9.17) is 0 Å². The van der Waals surface area contributed by atoms with Crippen molar-refractivity contribution in [2.45, 2.75) is 32.6 Å². The minimum Gasteiger partial charge on any atom is -0.355 e. The lowest BCUT2D eigenvalue weighted by Crippen LogP contribution is -2.46. The van der Waals surface area contributed by atoms with E-state index in [0.717, 1.165) is 51.3 Å². The molecule has 1 heterocycles. The molecule has 0 unspecified atom stereocenters. The highest BCUT2D eigenvalue weighted by Crippen LogP contribution is 2.08. The average Bonchev–Trinajstić information content (AvgIpc) is 2.55. The number of benzene rings is 1. The molecule has 1 fully saturated rings. The van der Waals surface area contributed by atoms with Crippen LogP contribution in [-0.2, 0) is 17.6 Å². The first-order valence-electron chi connectivity index (χ1n) is 8.55. The van der Waals surface area contributed by atoms with Gasteiger partial charge in [0.1, 0.15) is 0 Å². The van der Waals surface area contributed by atoms with E-state index in [1.54, 1.807) is 0 Å². The number of piperazine rings is 1. The number of carbonyl (C=O) groups excluding carboxylic acids is 1. The summed E-state index contributed by atoms with van der Waals surface area (Å²) >= 11 is 0. The Hall–Kier alpha value is -1.39. The topological polar surface area (TPSA) is 44.4 Å². The van der Waals surface area contributed by atoms with E-state index < -0.39 is 0 Å². The minimum absolute atomic E-state index is 0.122. The summed E-state index contributed by atoms with van der Waals surface area (Å²) in [6, 6.07) is 8.47. The predicted molar refractivity (Wildman–Crippen MR) is 91.1 cm³/mol. The van der Waals surface area contributed by atoms with Crippen LogP contribution in [0.4, 0.5) is 0 Å². The van der Waals surface area contributed by atoms with Gasteiger partial charge in [0.25, 0.3) is 0 Å². The monoisotopic (exact) mass is 303 g/mol. The molecule has 1 aliphatic heterocycles. The second-order valence-electron chi connectivity index (χ2n) is 6.04. The van der Waals surface area contributed by atoms with Crippen molar-refractivity contribution in [2.75, 3.05) is 39.3 Å². The van der Waals surface area contributed by atoms with Crippen molar-refractivity contribution in [3.05, 3.63) is 35.4 Å². The van der Waals surface area contributed by atoms with E-state index in [0.29, 0.717) is 6.42 Å². The summed E-state index contributed by atoms with van der Waals surface area (Å²) in [4.78, 5) is 14.4. The van der Waals surface area contributed by atoms with Crippen LogP contribution < -0.4 is 10.6 Å². The third kappa shape index (κ3) is 6.16. The Morgan fingerprint density at radius 2 is 1.86 bits per heavy atom. The van der Waals surface area contributed by atoms with Crippen molar-refractivity contribution in [1.29, 1.82) is 0 Å². The van der Waals surface area contributed by atoms with Gasteiger partial charge in [0.2, 0.25) is 5.91 Å². The number of amides is 1. The standard InChI is InChI=1S/C18H29N3O/c1-2-3-4-16-5-7-17(8-6-16)15-18(22)20-11-14-21-12-9-19-10-13-21/h5-8,19H,2-4,9-15H2,1H3,(H,20,22). The molecule has 0 spiro atoms. The molecule has 0 aromatic heterocycles. The SMILES string of the molecule is CCCCc1ccc(CC(=O)NCCN2CCNCC2)cc1. The molecule has 122 valence electrons. The number of carbonyl (C=O) groups is 1. The highest BCUT2D eigenvalue weighted by atomic mass is 16.1. The van der Waals surface area contributed by atoms with Crippen LogP contribution >= 0.6 is 0 Å². The Morgan fingerprint density at radius 3 is 2.55 bits per heavy atom. The van der Waals surface area contributed by atoms with Crippen molar-refractivity contribution < 1.29 is 4.79 Å². The van der Waals surface area contributed by atoms with Crippen molar-refractivity contribution in [2.24, 2.45) is 0 Å². The maximum absolute atomic E-state index is 12.0. The van der Waals surface area contributed by atoms with Gasteiger partial charge in [0, 0.05) is 39.3 Å². The van der Waals surface area contributed by atoms with Crippen LogP contribution in [0.15, 0.2) is 24.3 Å². The fourth-order valence-electron chi connectivity index (χ4n) is 2.74. The van der Waals surface area contributed by atoms with E-state index >= 15 is 0 Å². The molecule has 1 aromatic carbocycles. The number of aryl methyl sites for hydroxylation is 1. The molecule has 1 aromatic rings. The van der Waals surface area contributed by atoms with Gasteiger partial charge in [-0.2, -0.15) is 0 Å². The predicted octanol–water partition coefficient (Wildman–Crippen LogP) is 1.59. The minimum atomic E-state index is 0.122. The van der Waals surface area contributed by atoms with E-state index in [-0.39, 0.29) is 5.91 Å². The number of rotatable bonds is 8. The highest BCUT2D eigenvalue weighted by Gasteiger charge is 2.09. The van der Waals surface area contributed by atoms with Gasteiger partial charge in [-0.1, -0.05) is 37.6 Å². The molecule has 1 saturated heterocycles. The number of hydrogen-bond acceptors (Lipinski definition) is 3. The Kier molecular flexibility index (Phi) is 7.40. The van der Waals surface area contributed by atoms with Gasteiger partial charge >= 0.3 is 0 Å². The lowest BCUT2D eigenvalue weighted by molar-refractivity contribution is -0.120. The number of unbranched alkanes of at least 4 members (excludes halogenated alkanes) is 1. The Morgan fingerprint density at radius 1 is 1.18 bits per heavy atom. The summed E-state index contributed by atoms with van der Waals surface area (Å²) in [5.74, 6) is 0.122. The van der Waals surface area contributed by atoms with Crippen LogP contribution in [0, 0.1) is 0 Å². The maximum atomic E-state index is 12.0. The van der Waals surface area contributed by atoms with Gasteiger partial charge in [0.05, 0.1) is 6.42 Å². The smallest absolute Gasteiger partial charge is 0.224 e. The fourth-order valence-corrected chi connectivity index (χ4v) is 2.74. The third-order valence-corrected chi connectivity index (χ3v) is 4.17. The molecular formula is C18H29N3O. The molecule has 0 saturated carbocycles. The van der Waals surface area contributed by atoms with Gasteiger partial charge in [-0.25, -0.2) is 0 Å². The van der Waals surface area contributed by atoms with Crippen molar-refractivity contribution in [1.82, 2.24) is 15.5 Å². The summed E-state index contributed by atoms with van der Waals surface area (Å²) < 4.78 is 0.